The summed E-state index contributed by atoms with van der Waals surface area (Å²) in [4.78, 5) is 60.7. The van der Waals surface area contributed by atoms with Crippen LogP contribution in [0.5, 0.6) is 0 Å². The van der Waals surface area contributed by atoms with Gasteiger partial charge in [-0.2, -0.15) is 0 Å². The van der Waals surface area contributed by atoms with E-state index >= 15 is 0 Å². The van der Waals surface area contributed by atoms with Crippen molar-refractivity contribution in [2.45, 2.75) is 76.2 Å². The second-order valence-electron chi connectivity index (χ2n) is 13.1. The zero-order valence-corrected chi connectivity index (χ0v) is 26.5. The first-order valence-corrected chi connectivity index (χ1v) is 16.9. The molecule has 1 aliphatic carbocycles. The van der Waals surface area contributed by atoms with Crippen molar-refractivity contribution in [3.05, 3.63) is 65.7 Å². The number of amides is 3. The number of ether oxygens (including phenoxy) is 1. The van der Waals surface area contributed by atoms with Crippen LogP contribution in [0.15, 0.2) is 54.6 Å². The Bertz CT molecular complexity index is 1360. The molecule has 3 heterocycles. The van der Waals surface area contributed by atoms with E-state index in [2.05, 4.69) is 17.0 Å². The predicted octanol–water partition coefficient (Wildman–Crippen LogP) is 4.82. The van der Waals surface area contributed by atoms with E-state index in [4.69, 9.17) is 4.74 Å². The molecule has 0 atom stereocenters. The third-order valence-electron chi connectivity index (χ3n) is 10.5. The Hall–Kier alpha value is -3.88. The van der Waals surface area contributed by atoms with Gasteiger partial charge in [0.25, 0.3) is 11.8 Å². The molecule has 3 amide bonds. The lowest BCUT2D eigenvalue weighted by atomic mass is 9.83. The van der Waals surface area contributed by atoms with Gasteiger partial charge < -0.3 is 24.3 Å². The molecule has 2 aromatic rings. The molecule has 4 fully saturated rings. The van der Waals surface area contributed by atoms with Crippen molar-refractivity contribution < 1.29 is 23.9 Å². The Balaban J connectivity index is 1.11. The first-order valence-electron chi connectivity index (χ1n) is 16.9. The standard InChI is InChI=1S/C36H46N4O5/c1-2-45-34(43)30-17-21-37(22-18-30)32(41)25-39-26-40(31-11-7-4-8-12-31)36(35(39)44)19-23-38(24-20-36)33(42)29-15-13-28(14-16-29)27-9-5-3-6-10-27/h4,7-8,11-16,27,30H,2-3,5-6,9-10,17-26H2,1H3. The Morgan fingerprint density at radius 3 is 2.13 bits per heavy atom. The summed E-state index contributed by atoms with van der Waals surface area (Å²) in [7, 11) is 0. The largest absolute Gasteiger partial charge is 0.466 e. The van der Waals surface area contributed by atoms with Crippen LogP contribution in [0.4, 0.5) is 5.69 Å². The highest BCUT2D eigenvalue weighted by Crippen LogP contribution is 2.40. The number of para-hydroxylation sites is 1. The van der Waals surface area contributed by atoms with Gasteiger partial charge in [0.05, 0.1) is 19.2 Å². The summed E-state index contributed by atoms with van der Waals surface area (Å²) in [5, 5.41) is 0. The lowest BCUT2D eigenvalue weighted by Gasteiger charge is -2.43. The molecule has 240 valence electrons. The van der Waals surface area contributed by atoms with Crippen molar-refractivity contribution in [3.8, 4) is 0 Å². The van der Waals surface area contributed by atoms with Gasteiger partial charge in [-0.15, -0.1) is 0 Å². The van der Waals surface area contributed by atoms with Crippen LogP contribution < -0.4 is 4.90 Å². The van der Waals surface area contributed by atoms with Crippen molar-refractivity contribution in [1.82, 2.24) is 14.7 Å². The highest BCUT2D eigenvalue weighted by atomic mass is 16.5. The van der Waals surface area contributed by atoms with Gasteiger partial charge in [-0.05, 0) is 81.2 Å². The van der Waals surface area contributed by atoms with E-state index < -0.39 is 5.54 Å². The quantitative estimate of drug-likeness (QED) is 0.416. The number of likely N-dealkylation sites (tertiary alicyclic amines) is 2. The summed E-state index contributed by atoms with van der Waals surface area (Å²) in [5.74, 6) is 0.0874. The number of nitrogens with zero attached hydrogens (tertiary/aromatic N) is 4. The van der Waals surface area contributed by atoms with Gasteiger partial charge in [0, 0.05) is 37.4 Å². The summed E-state index contributed by atoms with van der Waals surface area (Å²) in [6.45, 7) is 4.39. The number of hydrogen-bond donors (Lipinski definition) is 0. The minimum Gasteiger partial charge on any atom is -0.466 e. The molecular weight excluding hydrogens is 568 g/mol. The van der Waals surface area contributed by atoms with Gasteiger partial charge in [0.1, 0.15) is 12.1 Å². The van der Waals surface area contributed by atoms with Crippen LogP contribution in [0.3, 0.4) is 0 Å². The van der Waals surface area contributed by atoms with Crippen molar-refractivity contribution in [2.24, 2.45) is 5.92 Å². The minimum atomic E-state index is -0.805. The monoisotopic (exact) mass is 614 g/mol. The average Bonchev–Trinajstić information content (AvgIpc) is 3.35. The van der Waals surface area contributed by atoms with Crippen LogP contribution in [0.2, 0.25) is 0 Å². The summed E-state index contributed by atoms with van der Waals surface area (Å²) >= 11 is 0. The topological polar surface area (TPSA) is 90.5 Å². The number of carbonyl (C=O) groups excluding carboxylic acids is 4. The van der Waals surface area contributed by atoms with Crippen LogP contribution in [0.25, 0.3) is 0 Å². The smallest absolute Gasteiger partial charge is 0.309 e. The van der Waals surface area contributed by atoms with Gasteiger partial charge in [0.15, 0.2) is 0 Å². The summed E-state index contributed by atoms with van der Waals surface area (Å²) in [6, 6.07) is 18.1. The van der Waals surface area contributed by atoms with Crippen LogP contribution in [-0.4, -0.2) is 89.9 Å². The predicted molar refractivity (Wildman–Crippen MR) is 172 cm³/mol. The van der Waals surface area contributed by atoms with E-state index in [-0.39, 0.29) is 36.2 Å². The fourth-order valence-corrected chi connectivity index (χ4v) is 7.81. The maximum Gasteiger partial charge on any atom is 0.309 e. The molecule has 45 heavy (non-hydrogen) atoms. The summed E-state index contributed by atoms with van der Waals surface area (Å²) in [5.41, 5.74) is 2.16. The third kappa shape index (κ3) is 6.44. The highest BCUT2D eigenvalue weighted by molar-refractivity contribution is 5.97. The van der Waals surface area contributed by atoms with E-state index in [1.54, 1.807) is 16.7 Å². The van der Waals surface area contributed by atoms with Crippen LogP contribution >= 0.6 is 0 Å². The Kier molecular flexibility index (Phi) is 9.42. The number of anilines is 1. The number of hydrogen-bond acceptors (Lipinski definition) is 6. The SMILES string of the molecule is CCOC(=O)C1CCN(C(=O)CN2CN(c3ccccc3)C3(CCN(C(=O)c4ccc(C5CCCCC5)cc4)CC3)C2=O)CC1. The fraction of sp³-hybridized carbons (Fsp3) is 0.556. The Morgan fingerprint density at radius 1 is 0.822 bits per heavy atom. The molecular formula is C36H46N4O5. The van der Waals surface area contributed by atoms with E-state index in [0.717, 1.165) is 5.69 Å². The highest BCUT2D eigenvalue weighted by Gasteiger charge is 2.54. The number of rotatable bonds is 7. The van der Waals surface area contributed by atoms with Crippen molar-refractivity contribution in [3.63, 3.8) is 0 Å². The molecule has 0 aromatic heterocycles. The number of benzene rings is 2. The molecule has 3 saturated heterocycles. The second-order valence-corrected chi connectivity index (χ2v) is 13.1. The number of esters is 1. The molecule has 9 heteroatoms. The molecule has 3 aliphatic heterocycles. The molecule has 6 rings (SSSR count). The summed E-state index contributed by atoms with van der Waals surface area (Å²) < 4.78 is 5.17. The van der Waals surface area contributed by atoms with Crippen LogP contribution in [-0.2, 0) is 19.1 Å². The Morgan fingerprint density at radius 2 is 1.49 bits per heavy atom. The molecule has 9 nitrogen and oxygen atoms in total. The molecule has 0 unspecified atom stereocenters. The normalized spacial score (nSPS) is 21.0. The number of piperidine rings is 2. The van der Waals surface area contributed by atoms with Crippen LogP contribution in [0.1, 0.15) is 86.6 Å². The molecule has 0 radical (unpaired) electrons. The van der Waals surface area contributed by atoms with E-state index in [1.807, 2.05) is 47.4 Å². The van der Waals surface area contributed by atoms with E-state index in [9.17, 15) is 19.2 Å². The first kappa shape index (κ1) is 31.1. The van der Waals surface area contributed by atoms with Gasteiger partial charge >= 0.3 is 5.97 Å². The van der Waals surface area contributed by atoms with Gasteiger partial charge in [0.2, 0.25) is 5.91 Å². The number of carbonyl (C=O) groups is 4. The van der Waals surface area contributed by atoms with Gasteiger partial charge in [-0.3, -0.25) is 19.2 Å². The molecule has 1 spiro atoms. The van der Waals surface area contributed by atoms with E-state index in [0.29, 0.717) is 76.6 Å². The zero-order valence-electron chi connectivity index (χ0n) is 26.5. The molecule has 1 saturated carbocycles. The van der Waals surface area contributed by atoms with Crippen molar-refractivity contribution in [2.75, 3.05) is 50.9 Å². The fourth-order valence-electron chi connectivity index (χ4n) is 7.81. The maximum absolute atomic E-state index is 14.2. The van der Waals surface area contributed by atoms with Crippen LogP contribution in [0, 0.1) is 5.92 Å². The molecule has 0 N–H and O–H groups in total. The zero-order chi connectivity index (χ0) is 31.4. The third-order valence-corrected chi connectivity index (χ3v) is 10.5. The lowest BCUT2D eigenvalue weighted by molar-refractivity contribution is -0.151. The lowest BCUT2D eigenvalue weighted by Crippen LogP contribution is -2.57. The molecule has 4 aliphatic rings. The Labute approximate surface area is 266 Å². The minimum absolute atomic E-state index is 0.00395. The van der Waals surface area contributed by atoms with Gasteiger partial charge in [-0.25, -0.2) is 0 Å². The average molecular weight is 615 g/mol. The molecule has 0 bridgehead atoms. The second kappa shape index (κ2) is 13.6. The van der Waals surface area contributed by atoms with Gasteiger partial charge in [-0.1, -0.05) is 49.6 Å². The first-order chi connectivity index (χ1) is 21.9. The van der Waals surface area contributed by atoms with E-state index in [1.165, 1.54) is 37.7 Å². The van der Waals surface area contributed by atoms with Crippen molar-refractivity contribution >= 4 is 29.4 Å². The maximum atomic E-state index is 14.2. The van der Waals surface area contributed by atoms with Crippen molar-refractivity contribution in [1.29, 1.82) is 0 Å². The summed E-state index contributed by atoms with van der Waals surface area (Å²) in [6.07, 6.45) is 8.48. The molecule has 2 aromatic carbocycles.